The van der Waals surface area contributed by atoms with Gasteiger partial charge in [0.25, 0.3) is 0 Å². The van der Waals surface area contributed by atoms with E-state index in [0.29, 0.717) is 31.0 Å². The first-order valence-corrected chi connectivity index (χ1v) is 5.35. The van der Waals surface area contributed by atoms with Gasteiger partial charge in [-0.1, -0.05) is 0 Å². The lowest BCUT2D eigenvalue weighted by molar-refractivity contribution is 0.0695. The predicted octanol–water partition coefficient (Wildman–Crippen LogP) is 0.323. The molecule has 6 nitrogen and oxygen atoms in total. The van der Waals surface area contributed by atoms with Crippen LogP contribution in [0.5, 0.6) is 0 Å². The van der Waals surface area contributed by atoms with Crippen LogP contribution in [0.4, 0.5) is 11.5 Å². The molecule has 0 radical (unpaired) electrons. The lowest BCUT2D eigenvalue weighted by Gasteiger charge is -2.21. The second kappa shape index (κ2) is 3.89. The standard InChI is InChI=1S/C11H15N3O3/c1-11(17)2-3-14(6-11)9-8(10(15)16)4-7(12)5-13-9/h4-5,17H,2-3,6,12H2,1H3,(H,15,16). The molecule has 6 heteroatoms. The second-order valence-electron chi connectivity index (χ2n) is 4.61. The van der Waals surface area contributed by atoms with E-state index in [2.05, 4.69) is 4.98 Å². The highest BCUT2D eigenvalue weighted by Crippen LogP contribution is 2.28. The Balaban J connectivity index is 2.36. The molecule has 92 valence electrons. The average Bonchev–Trinajstić information content (AvgIpc) is 2.58. The number of carboxylic acids is 1. The summed E-state index contributed by atoms with van der Waals surface area (Å²) in [6.07, 6.45) is 2.02. The van der Waals surface area contributed by atoms with Crippen molar-refractivity contribution >= 4 is 17.5 Å². The molecule has 1 unspecified atom stereocenters. The van der Waals surface area contributed by atoms with E-state index in [-0.39, 0.29) is 5.56 Å². The number of hydrogen-bond acceptors (Lipinski definition) is 5. The second-order valence-corrected chi connectivity index (χ2v) is 4.61. The van der Waals surface area contributed by atoms with E-state index in [9.17, 15) is 9.90 Å². The van der Waals surface area contributed by atoms with Gasteiger partial charge >= 0.3 is 5.97 Å². The summed E-state index contributed by atoms with van der Waals surface area (Å²) >= 11 is 0. The van der Waals surface area contributed by atoms with Crippen LogP contribution in [0.15, 0.2) is 12.3 Å². The maximum Gasteiger partial charge on any atom is 0.339 e. The first kappa shape index (κ1) is 11.7. The molecule has 0 spiro atoms. The van der Waals surface area contributed by atoms with Gasteiger partial charge in [0.2, 0.25) is 0 Å². The van der Waals surface area contributed by atoms with Crippen LogP contribution in [-0.2, 0) is 0 Å². The summed E-state index contributed by atoms with van der Waals surface area (Å²) in [5, 5.41) is 19.0. The summed E-state index contributed by atoms with van der Waals surface area (Å²) in [5.41, 5.74) is 5.12. The Kier molecular flexibility index (Phi) is 2.66. The number of nitrogens with two attached hydrogens (primary N) is 1. The average molecular weight is 237 g/mol. The molecule has 0 saturated carbocycles. The Morgan fingerprint density at radius 2 is 2.35 bits per heavy atom. The van der Waals surface area contributed by atoms with Gasteiger partial charge < -0.3 is 20.8 Å². The van der Waals surface area contributed by atoms with Crippen LogP contribution < -0.4 is 10.6 Å². The lowest BCUT2D eigenvalue weighted by atomic mass is 10.1. The summed E-state index contributed by atoms with van der Waals surface area (Å²) < 4.78 is 0. The number of aliphatic hydroxyl groups is 1. The van der Waals surface area contributed by atoms with E-state index < -0.39 is 11.6 Å². The number of β-amino-alcohol motifs (C(OH)–C–C–N with tert-alkyl or cyclic N) is 1. The van der Waals surface area contributed by atoms with Crippen molar-refractivity contribution in [2.45, 2.75) is 18.9 Å². The molecule has 1 fully saturated rings. The fourth-order valence-electron chi connectivity index (χ4n) is 2.01. The molecule has 0 aliphatic carbocycles. The molecule has 1 atom stereocenters. The number of carboxylic acid groups (broad SMARTS) is 1. The van der Waals surface area contributed by atoms with E-state index in [0.717, 1.165) is 0 Å². The van der Waals surface area contributed by atoms with Gasteiger partial charge in [-0.3, -0.25) is 0 Å². The fraction of sp³-hybridized carbons (Fsp3) is 0.455. The first-order chi connectivity index (χ1) is 7.89. The lowest BCUT2D eigenvalue weighted by Crippen LogP contribution is -2.31. The smallest absolute Gasteiger partial charge is 0.339 e. The number of anilines is 2. The maximum absolute atomic E-state index is 11.1. The van der Waals surface area contributed by atoms with Gasteiger partial charge in [0.15, 0.2) is 0 Å². The monoisotopic (exact) mass is 237 g/mol. The van der Waals surface area contributed by atoms with Crippen molar-refractivity contribution in [1.82, 2.24) is 4.98 Å². The third-order valence-corrected chi connectivity index (χ3v) is 2.87. The molecule has 0 amide bonds. The highest BCUT2D eigenvalue weighted by Gasteiger charge is 2.33. The number of rotatable bonds is 2. The van der Waals surface area contributed by atoms with E-state index in [1.807, 2.05) is 0 Å². The fourth-order valence-corrected chi connectivity index (χ4v) is 2.01. The minimum Gasteiger partial charge on any atom is -0.478 e. The number of aromatic nitrogens is 1. The van der Waals surface area contributed by atoms with Gasteiger partial charge in [0, 0.05) is 13.1 Å². The van der Waals surface area contributed by atoms with Gasteiger partial charge in [0.1, 0.15) is 11.4 Å². The minimum atomic E-state index is -1.06. The van der Waals surface area contributed by atoms with Crippen molar-refractivity contribution in [1.29, 1.82) is 0 Å². The van der Waals surface area contributed by atoms with Gasteiger partial charge in [-0.2, -0.15) is 0 Å². The van der Waals surface area contributed by atoms with Gasteiger partial charge in [-0.25, -0.2) is 9.78 Å². The van der Waals surface area contributed by atoms with E-state index in [1.54, 1.807) is 11.8 Å². The number of nitrogens with zero attached hydrogens (tertiary/aromatic N) is 2. The Bertz CT molecular complexity index is 459. The number of hydrogen-bond donors (Lipinski definition) is 3. The summed E-state index contributed by atoms with van der Waals surface area (Å²) in [4.78, 5) is 16.9. The SMILES string of the molecule is CC1(O)CCN(c2ncc(N)cc2C(=O)O)C1. The number of carbonyl (C=O) groups is 1. The highest BCUT2D eigenvalue weighted by molar-refractivity contribution is 5.94. The summed E-state index contributed by atoms with van der Waals surface area (Å²) in [6, 6.07) is 1.39. The van der Waals surface area contributed by atoms with Crippen LogP contribution in [-0.4, -0.2) is 39.9 Å². The van der Waals surface area contributed by atoms with Gasteiger partial charge in [0.05, 0.1) is 17.5 Å². The van der Waals surface area contributed by atoms with Crippen molar-refractivity contribution in [2.75, 3.05) is 23.7 Å². The molecule has 1 aromatic rings. The van der Waals surface area contributed by atoms with Crippen LogP contribution in [0, 0.1) is 0 Å². The predicted molar refractivity (Wildman–Crippen MR) is 63.1 cm³/mol. The Labute approximate surface area is 98.7 Å². The summed E-state index contributed by atoms with van der Waals surface area (Å²) in [7, 11) is 0. The van der Waals surface area contributed by atoms with Gasteiger partial charge in [-0.05, 0) is 19.4 Å². The van der Waals surface area contributed by atoms with Crippen molar-refractivity contribution in [2.24, 2.45) is 0 Å². The molecule has 1 aliphatic heterocycles. The largest absolute Gasteiger partial charge is 0.478 e. The molecule has 4 N–H and O–H groups in total. The van der Waals surface area contributed by atoms with E-state index >= 15 is 0 Å². The Morgan fingerprint density at radius 3 is 2.88 bits per heavy atom. The zero-order valence-corrected chi connectivity index (χ0v) is 9.55. The zero-order valence-electron chi connectivity index (χ0n) is 9.55. The van der Waals surface area contributed by atoms with Crippen LogP contribution >= 0.6 is 0 Å². The topological polar surface area (TPSA) is 99.7 Å². The van der Waals surface area contributed by atoms with Crippen LogP contribution in [0.3, 0.4) is 0 Å². The maximum atomic E-state index is 11.1. The third-order valence-electron chi connectivity index (χ3n) is 2.87. The molecule has 0 bridgehead atoms. The molecule has 2 rings (SSSR count). The normalized spacial score (nSPS) is 24.0. The number of nitrogen functional groups attached to an aromatic ring is 1. The first-order valence-electron chi connectivity index (χ1n) is 5.35. The third kappa shape index (κ3) is 2.31. The number of aromatic carboxylic acids is 1. The summed E-state index contributed by atoms with van der Waals surface area (Å²) in [6.45, 7) is 2.69. The van der Waals surface area contributed by atoms with E-state index in [1.165, 1.54) is 12.3 Å². The number of pyridine rings is 1. The quantitative estimate of drug-likeness (QED) is 0.685. The Morgan fingerprint density at radius 1 is 1.65 bits per heavy atom. The molecular weight excluding hydrogens is 222 g/mol. The van der Waals surface area contributed by atoms with Crippen molar-refractivity contribution < 1.29 is 15.0 Å². The van der Waals surface area contributed by atoms with Crippen LogP contribution in [0.25, 0.3) is 0 Å². The highest BCUT2D eigenvalue weighted by atomic mass is 16.4. The van der Waals surface area contributed by atoms with E-state index in [4.69, 9.17) is 10.8 Å². The molecule has 0 aromatic carbocycles. The molecule has 1 aromatic heterocycles. The molecule has 1 saturated heterocycles. The summed E-state index contributed by atoms with van der Waals surface area (Å²) in [5.74, 6) is -0.698. The van der Waals surface area contributed by atoms with Crippen LogP contribution in [0.1, 0.15) is 23.7 Å². The van der Waals surface area contributed by atoms with Crippen molar-refractivity contribution in [3.8, 4) is 0 Å². The minimum absolute atomic E-state index is 0.0719. The molecule has 17 heavy (non-hydrogen) atoms. The molecular formula is C11H15N3O3. The molecule has 1 aliphatic rings. The van der Waals surface area contributed by atoms with Crippen molar-refractivity contribution in [3.05, 3.63) is 17.8 Å². The Hall–Kier alpha value is -1.82. The van der Waals surface area contributed by atoms with Crippen molar-refractivity contribution in [3.63, 3.8) is 0 Å². The van der Waals surface area contributed by atoms with Gasteiger partial charge in [-0.15, -0.1) is 0 Å². The molecule has 2 heterocycles. The van der Waals surface area contributed by atoms with Crippen LogP contribution in [0.2, 0.25) is 0 Å². The zero-order chi connectivity index (χ0) is 12.6.